The summed E-state index contributed by atoms with van der Waals surface area (Å²) in [6.45, 7) is 0.165. The first-order chi connectivity index (χ1) is 9.66. The number of guanidine groups is 1. The summed E-state index contributed by atoms with van der Waals surface area (Å²) in [6.07, 6.45) is 10.9. The first-order valence-electron chi connectivity index (χ1n) is 7.99. The monoisotopic (exact) mass is 408 g/mol. The second-order valence-electron chi connectivity index (χ2n) is 6.12. The predicted octanol–water partition coefficient (Wildman–Crippen LogP) is 2.24. The molecule has 0 bridgehead atoms. The van der Waals surface area contributed by atoms with Crippen LogP contribution in [0.3, 0.4) is 0 Å². The van der Waals surface area contributed by atoms with Crippen LogP contribution in [0.1, 0.15) is 57.8 Å². The molecule has 0 aromatic rings. The second kappa shape index (κ2) is 9.48. The van der Waals surface area contributed by atoms with Gasteiger partial charge in [-0.15, -0.1) is 24.0 Å². The smallest absolute Gasteiger partial charge is 0.244 e. The van der Waals surface area contributed by atoms with Crippen LogP contribution in [0.2, 0.25) is 0 Å². The number of hydrogen-bond donors (Lipinski definition) is 2. The number of rotatable bonds is 4. The summed E-state index contributed by atoms with van der Waals surface area (Å²) in [6, 6.07) is 0.848. The summed E-state index contributed by atoms with van der Waals surface area (Å²) in [5.74, 6) is 0.496. The SMILES string of the molecule is CN(C(=O)CN=C(N)NC1CCCC1)C1CCCCC1.I. The minimum atomic E-state index is 0. The van der Waals surface area contributed by atoms with Crippen molar-refractivity contribution in [3.8, 4) is 0 Å². The Kier molecular flexibility index (Phi) is 8.36. The zero-order valence-electron chi connectivity index (χ0n) is 13.0. The number of carbonyl (C=O) groups excluding carboxylic acids is 1. The Morgan fingerprint density at radius 1 is 1.14 bits per heavy atom. The first-order valence-corrected chi connectivity index (χ1v) is 7.99. The Balaban J connectivity index is 0.00000220. The summed E-state index contributed by atoms with van der Waals surface area (Å²) >= 11 is 0. The van der Waals surface area contributed by atoms with Gasteiger partial charge in [0, 0.05) is 19.1 Å². The molecular weight excluding hydrogens is 379 g/mol. The highest BCUT2D eigenvalue weighted by atomic mass is 127. The fraction of sp³-hybridized carbons (Fsp3) is 0.867. The van der Waals surface area contributed by atoms with Crippen molar-refractivity contribution in [3.05, 3.63) is 0 Å². The predicted molar refractivity (Wildman–Crippen MR) is 96.9 cm³/mol. The molecule has 1 amide bonds. The molecule has 0 aromatic heterocycles. The van der Waals surface area contributed by atoms with Crippen molar-refractivity contribution in [3.63, 3.8) is 0 Å². The van der Waals surface area contributed by atoms with E-state index in [0.29, 0.717) is 18.0 Å². The lowest BCUT2D eigenvalue weighted by atomic mass is 9.94. The number of hydrogen-bond acceptors (Lipinski definition) is 2. The number of nitrogens with zero attached hydrogens (tertiary/aromatic N) is 2. The zero-order valence-corrected chi connectivity index (χ0v) is 15.3. The average Bonchev–Trinajstić information content (AvgIpc) is 2.97. The summed E-state index contributed by atoms with van der Waals surface area (Å²) in [4.78, 5) is 18.2. The molecule has 2 aliphatic carbocycles. The van der Waals surface area contributed by atoms with Crippen LogP contribution in [0.4, 0.5) is 0 Å². The van der Waals surface area contributed by atoms with Gasteiger partial charge < -0.3 is 16.0 Å². The Labute approximate surface area is 145 Å². The second-order valence-corrected chi connectivity index (χ2v) is 6.12. The Morgan fingerprint density at radius 3 is 2.33 bits per heavy atom. The van der Waals surface area contributed by atoms with Crippen LogP contribution in [-0.2, 0) is 4.79 Å². The van der Waals surface area contributed by atoms with Crippen LogP contribution in [0.5, 0.6) is 0 Å². The van der Waals surface area contributed by atoms with Gasteiger partial charge in [0.1, 0.15) is 6.54 Å². The van der Waals surface area contributed by atoms with Crippen molar-refractivity contribution >= 4 is 35.8 Å². The molecule has 0 unspecified atom stereocenters. The third-order valence-corrected chi connectivity index (χ3v) is 4.61. The van der Waals surface area contributed by atoms with E-state index in [1.165, 1.54) is 32.1 Å². The molecular formula is C15H29IN4O. The van der Waals surface area contributed by atoms with Crippen LogP contribution < -0.4 is 11.1 Å². The third-order valence-electron chi connectivity index (χ3n) is 4.61. The first kappa shape index (κ1) is 18.5. The Hall–Kier alpha value is -0.530. The molecule has 21 heavy (non-hydrogen) atoms. The molecule has 0 aliphatic heterocycles. The summed E-state index contributed by atoms with van der Waals surface area (Å²) in [7, 11) is 1.90. The van der Waals surface area contributed by atoms with Crippen molar-refractivity contribution in [2.45, 2.75) is 69.9 Å². The molecule has 0 aromatic carbocycles. The van der Waals surface area contributed by atoms with Crippen molar-refractivity contribution in [2.75, 3.05) is 13.6 Å². The maximum Gasteiger partial charge on any atom is 0.244 e. The standard InChI is InChI=1S/C15H28N4O.HI/c1-19(13-9-3-2-4-10-13)14(20)11-17-15(16)18-12-7-5-6-8-12;/h12-13H,2-11H2,1H3,(H3,16,17,18);1H. The van der Waals surface area contributed by atoms with Crippen LogP contribution in [0, 0.1) is 0 Å². The largest absolute Gasteiger partial charge is 0.370 e. The molecule has 0 spiro atoms. The van der Waals surface area contributed by atoms with E-state index in [1.807, 2.05) is 11.9 Å². The van der Waals surface area contributed by atoms with Crippen molar-refractivity contribution in [2.24, 2.45) is 10.7 Å². The molecule has 2 rings (SSSR count). The van der Waals surface area contributed by atoms with Crippen molar-refractivity contribution < 1.29 is 4.79 Å². The number of amides is 1. The average molecular weight is 408 g/mol. The van der Waals surface area contributed by atoms with Gasteiger partial charge in [-0.1, -0.05) is 32.1 Å². The topological polar surface area (TPSA) is 70.7 Å². The fourth-order valence-electron chi connectivity index (χ4n) is 3.26. The molecule has 5 nitrogen and oxygen atoms in total. The molecule has 2 fully saturated rings. The number of aliphatic imine (C=N–C) groups is 1. The van der Waals surface area contributed by atoms with Gasteiger partial charge in [0.25, 0.3) is 0 Å². The minimum absolute atomic E-state index is 0. The van der Waals surface area contributed by atoms with Crippen LogP contribution in [-0.4, -0.2) is 42.4 Å². The quantitative estimate of drug-likeness (QED) is 0.426. The summed E-state index contributed by atoms with van der Waals surface area (Å²) < 4.78 is 0. The molecule has 122 valence electrons. The van der Waals surface area contributed by atoms with Gasteiger partial charge in [0.2, 0.25) is 5.91 Å². The number of nitrogens with one attached hydrogen (secondary N) is 1. The molecule has 2 saturated carbocycles. The van der Waals surface area contributed by atoms with E-state index < -0.39 is 0 Å². The van der Waals surface area contributed by atoms with Gasteiger partial charge in [-0.05, 0) is 25.7 Å². The molecule has 0 heterocycles. The minimum Gasteiger partial charge on any atom is -0.370 e. The Morgan fingerprint density at radius 2 is 1.71 bits per heavy atom. The molecule has 3 N–H and O–H groups in total. The molecule has 0 atom stereocenters. The van der Waals surface area contributed by atoms with E-state index in [4.69, 9.17) is 5.73 Å². The highest BCUT2D eigenvalue weighted by Crippen LogP contribution is 2.21. The van der Waals surface area contributed by atoms with E-state index in [-0.39, 0.29) is 36.4 Å². The van der Waals surface area contributed by atoms with Gasteiger partial charge in [-0.3, -0.25) is 4.79 Å². The van der Waals surface area contributed by atoms with Gasteiger partial charge in [-0.25, -0.2) is 4.99 Å². The lowest BCUT2D eigenvalue weighted by Gasteiger charge is -2.30. The maximum atomic E-state index is 12.1. The Bertz CT molecular complexity index is 350. The van der Waals surface area contributed by atoms with Crippen LogP contribution in [0.25, 0.3) is 0 Å². The van der Waals surface area contributed by atoms with E-state index in [1.54, 1.807) is 0 Å². The van der Waals surface area contributed by atoms with Crippen molar-refractivity contribution in [1.29, 1.82) is 0 Å². The van der Waals surface area contributed by atoms with E-state index in [2.05, 4.69) is 10.3 Å². The van der Waals surface area contributed by atoms with Gasteiger partial charge in [0.05, 0.1) is 0 Å². The highest BCUT2D eigenvalue weighted by molar-refractivity contribution is 14.0. The summed E-state index contributed by atoms with van der Waals surface area (Å²) in [5.41, 5.74) is 5.85. The number of halogens is 1. The van der Waals surface area contributed by atoms with Gasteiger partial charge in [0.15, 0.2) is 5.96 Å². The highest BCUT2D eigenvalue weighted by Gasteiger charge is 2.21. The normalized spacial score (nSPS) is 20.9. The van der Waals surface area contributed by atoms with Gasteiger partial charge in [-0.2, -0.15) is 0 Å². The third kappa shape index (κ3) is 6.00. The van der Waals surface area contributed by atoms with E-state index >= 15 is 0 Å². The fourth-order valence-corrected chi connectivity index (χ4v) is 3.26. The number of likely N-dealkylation sites (N-methyl/N-ethyl adjacent to an activating group) is 1. The molecule has 2 aliphatic rings. The lowest BCUT2D eigenvalue weighted by molar-refractivity contribution is -0.130. The lowest BCUT2D eigenvalue weighted by Crippen LogP contribution is -2.42. The molecule has 0 radical (unpaired) electrons. The number of carbonyl (C=O) groups is 1. The zero-order chi connectivity index (χ0) is 14.4. The van der Waals surface area contributed by atoms with E-state index in [9.17, 15) is 4.79 Å². The maximum absolute atomic E-state index is 12.1. The van der Waals surface area contributed by atoms with Crippen molar-refractivity contribution in [1.82, 2.24) is 10.2 Å². The van der Waals surface area contributed by atoms with Gasteiger partial charge >= 0.3 is 0 Å². The molecule has 0 saturated heterocycles. The van der Waals surface area contributed by atoms with Crippen LogP contribution in [0.15, 0.2) is 4.99 Å². The van der Waals surface area contributed by atoms with E-state index in [0.717, 1.165) is 25.7 Å². The van der Waals surface area contributed by atoms with Crippen LogP contribution >= 0.6 is 24.0 Å². The summed E-state index contributed by atoms with van der Waals surface area (Å²) in [5, 5.41) is 3.21. The number of nitrogens with two attached hydrogens (primary N) is 1. The molecule has 6 heteroatoms.